The normalized spacial score (nSPS) is 20.4. The molecule has 0 N–H and O–H groups in total. The summed E-state index contributed by atoms with van der Waals surface area (Å²) in [7, 11) is 1.51. The molecule has 2 amide bonds. The number of hydrogen-bond acceptors (Lipinski definition) is 4. The van der Waals surface area contributed by atoms with Crippen LogP contribution in [0.5, 0.6) is 0 Å². The van der Waals surface area contributed by atoms with Gasteiger partial charge in [-0.15, -0.1) is 11.8 Å². The molecule has 0 aromatic carbocycles. The molecule has 0 aromatic rings. The van der Waals surface area contributed by atoms with Crippen LogP contribution in [0.15, 0.2) is 0 Å². The smallest absolute Gasteiger partial charge is 0.243 e. The maximum absolute atomic E-state index is 12.6. The third-order valence-corrected chi connectivity index (χ3v) is 5.75. The SMILES string of the molecule is C[B]C(=O)C(C)(C)C(C)(C)N1C(=O)CC(SC(C)C)C1=O. The zero-order chi connectivity index (χ0) is 16.6. The summed E-state index contributed by atoms with van der Waals surface area (Å²) in [5.41, 5.74) is -1.73. The zero-order valence-electron chi connectivity index (χ0n) is 14.0. The van der Waals surface area contributed by atoms with Gasteiger partial charge in [0, 0.05) is 11.8 Å². The van der Waals surface area contributed by atoms with Gasteiger partial charge < -0.3 is 4.79 Å². The Bertz CT molecular complexity index is 460. The lowest BCUT2D eigenvalue weighted by molar-refractivity contribution is -0.151. The molecule has 1 fully saturated rings. The van der Waals surface area contributed by atoms with Crippen LogP contribution in [-0.2, 0) is 14.4 Å². The largest absolute Gasteiger partial charge is 0.311 e. The van der Waals surface area contributed by atoms with E-state index >= 15 is 0 Å². The second-order valence-corrected chi connectivity index (χ2v) is 8.57. The van der Waals surface area contributed by atoms with Gasteiger partial charge in [0.05, 0.1) is 16.5 Å². The molecule has 1 atom stereocenters. The lowest BCUT2D eigenvalue weighted by atomic mass is 9.57. The van der Waals surface area contributed by atoms with Crippen LogP contribution in [-0.4, -0.2) is 45.7 Å². The molecule has 1 radical (unpaired) electrons. The third-order valence-electron chi connectivity index (χ3n) is 4.51. The Hall–Kier alpha value is -0.775. The van der Waals surface area contributed by atoms with Crippen LogP contribution in [0.25, 0.3) is 0 Å². The van der Waals surface area contributed by atoms with Gasteiger partial charge in [-0.2, -0.15) is 0 Å². The molecule has 1 aliphatic heterocycles. The number of imide groups is 1. The molecule has 6 heteroatoms. The molecular formula is C15H25BNO3S. The summed E-state index contributed by atoms with van der Waals surface area (Å²) >= 11 is 1.51. The summed E-state index contributed by atoms with van der Waals surface area (Å²) in [4.78, 5) is 38.5. The van der Waals surface area contributed by atoms with E-state index in [0.29, 0.717) is 0 Å². The van der Waals surface area contributed by atoms with Gasteiger partial charge in [-0.1, -0.05) is 34.5 Å². The van der Waals surface area contributed by atoms with Crippen LogP contribution in [0.2, 0.25) is 6.82 Å². The minimum absolute atomic E-state index is 0.0620. The molecule has 0 aromatic heterocycles. The summed E-state index contributed by atoms with van der Waals surface area (Å²) in [6, 6.07) is 0. The van der Waals surface area contributed by atoms with Gasteiger partial charge in [0.15, 0.2) is 7.28 Å². The summed E-state index contributed by atoms with van der Waals surface area (Å²) < 4.78 is 0. The summed E-state index contributed by atoms with van der Waals surface area (Å²) in [6.45, 7) is 12.9. The minimum Gasteiger partial charge on any atom is -0.311 e. The predicted octanol–water partition coefficient (Wildman–Crippen LogP) is 2.34. The number of rotatable bonds is 6. The molecule has 0 aliphatic carbocycles. The molecule has 0 bridgehead atoms. The number of likely N-dealkylation sites (tertiary alicyclic amines) is 1. The molecule has 21 heavy (non-hydrogen) atoms. The number of carbonyl (C=O) groups is 3. The summed E-state index contributed by atoms with van der Waals surface area (Å²) in [6.07, 6.45) is 0.227. The highest BCUT2D eigenvalue weighted by Gasteiger charge is 2.54. The maximum Gasteiger partial charge on any atom is 0.243 e. The molecule has 1 rings (SSSR count). The molecular weight excluding hydrogens is 285 g/mol. The van der Waals surface area contributed by atoms with E-state index in [1.165, 1.54) is 23.9 Å². The first kappa shape index (κ1) is 18.3. The van der Waals surface area contributed by atoms with E-state index in [9.17, 15) is 14.4 Å². The second kappa shape index (κ2) is 6.15. The van der Waals surface area contributed by atoms with Gasteiger partial charge in [-0.3, -0.25) is 14.5 Å². The Balaban J connectivity index is 3.11. The Morgan fingerprint density at radius 3 is 2.24 bits per heavy atom. The van der Waals surface area contributed by atoms with Gasteiger partial charge in [-0.25, -0.2) is 0 Å². The van der Waals surface area contributed by atoms with Crippen LogP contribution in [0.4, 0.5) is 0 Å². The van der Waals surface area contributed by atoms with E-state index < -0.39 is 11.0 Å². The van der Waals surface area contributed by atoms with Crippen LogP contribution in [0.1, 0.15) is 48.0 Å². The van der Waals surface area contributed by atoms with Crippen LogP contribution in [0, 0.1) is 5.41 Å². The zero-order valence-corrected chi connectivity index (χ0v) is 14.8. The van der Waals surface area contributed by atoms with Crippen molar-refractivity contribution in [3.63, 3.8) is 0 Å². The van der Waals surface area contributed by atoms with Crippen molar-refractivity contribution in [2.24, 2.45) is 5.41 Å². The highest BCUT2D eigenvalue weighted by molar-refractivity contribution is 8.01. The molecule has 1 heterocycles. The molecule has 117 valence electrons. The molecule has 1 aliphatic rings. The standard InChI is InChI=1S/C15H25BNO3S/c1-9(2)21-10-8-11(18)17(12(10)19)15(5,6)14(3,4)13(20)16-7/h9-10H,8H2,1-7H3. The second-order valence-electron chi connectivity index (χ2n) is 6.78. The first-order valence-electron chi connectivity index (χ1n) is 7.33. The quantitative estimate of drug-likeness (QED) is 0.558. The average Bonchev–Trinajstić information content (AvgIpc) is 2.62. The Kier molecular flexibility index (Phi) is 5.35. The van der Waals surface area contributed by atoms with Crippen molar-refractivity contribution in [1.29, 1.82) is 0 Å². The average molecular weight is 310 g/mol. The van der Waals surface area contributed by atoms with Crippen molar-refractivity contribution in [3.8, 4) is 0 Å². The fraction of sp³-hybridized carbons (Fsp3) is 0.800. The van der Waals surface area contributed by atoms with Gasteiger partial charge >= 0.3 is 0 Å². The minimum atomic E-state index is -0.850. The van der Waals surface area contributed by atoms with Crippen molar-refractivity contribution in [3.05, 3.63) is 0 Å². The van der Waals surface area contributed by atoms with Gasteiger partial charge in [0.25, 0.3) is 0 Å². The molecule has 0 saturated carbocycles. The number of carbonyl (C=O) groups excluding carboxylic acids is 3. The lowest BCUT2D eigenvalue weighted by Gasteiger charge is -2.46. The van der Waals surface area contributed by atoms with Crippen molar-refractivity contribution >= 4 is 36.5 Å². The fourth-order valence-corrected chi connectivity index (χ4v) is 3.69. The lowest BCUT2D eigenvalue weighted by Crippen LogP contribution is -2.60. The van der Waals surface area contributed by atoms with Crippen molar-refractivity contribution in [2.45, 2.75) is 70.8 Å². The molecule has 0 spiro atoms. The maximum atomic E-state index is 12.6. The van der Waals surface area contributed by atoms with Crippen LogP contribution in [0.3, 0.4) is 0 Å². The number of thioether (sulfide) groups is 1. The molecule has 1 unspecified atom stereocenters. The van der Waals surface area contributed by atoms with Gasteiger partial charge in [0.1, 0.15) is 0 Å². The highest BCUT2D eigenvalue weighted by atomic mass is 32.2. The topological polar surface area (TPSA) is 54.5 Å². The Morgan fingerprint density at radius 1 is 1.29 bits per heavy atom. The summed E-state index contributed by atoms with van der Waals surface area (Å²) in [5.74, 6) is -0.346. The monoisotopic (exact) mass is 310 g/mol. The first-order valence-corrected chi connectivity index (χ1v) is 8.27. The summed E-state index contributed by atoms with van der Waals surface area (Å²) in [5, 5.41) is -0.0401. The van der Waals surface area contributed by atoms with E-state index in [1.807, 2.05) is 13.8 Å². The first-order chi connectivity index (χ1) is 9.46. The van der Waals surface area contributed by atoms with Crippen LogP contribution < -0.4 is 0 Å². The highest BCUT2D eigenvalue weighted by Crippen LogP contribution is 2.41. The van der Waals surface area contributed by atoms with Gasteiger partial charge in [0.2, 0.25) is 11.8 Å². The van der Waals surface area contributed by atoms with E-state index in [0.717, 1.165) is 0 Å². The van der Waals surface area contributed by atoms with E-state index in [1.54, 1.807) is 34.5 Å². The Morgan fingerprint density at radius 2 is 1.81 bits per heavy atom. The third kappa shape index (κ3) is 3.20. The number of amides is 2. The van der Waals surface area contributed by atoms with Crippen molar-refractivity contribution < 1.29 is 14.4 Å². The number of hydrogen-bond donors (Lipinski definition) is 0. The van der Waals surface area contributed by atoms with E-state index in [4.69, 9.17) is 0 Å². The Labute approximate surface area is 132 Å². The fourth-order valence-electron chi connectivity index (χ4n) is 2.57. The number of nitrogens with zero attached hydrogens (tertiary/aromatic N) is 1. The van der Waals surface area contributed by atoms with E-state index in [2.05, 4.69) is 0 Å². The van der Waals surface area contributed by atoms with Crippen LogP contribution >= 0.6 is 11.8 Å². The molecule has 4 nitrogen and oxygen atoms in total. The predicted molar refractivity (Wildman–Crippen MR) is 87.5 cm³/mol. The molecule has 1 saturated heterocycles. The van der Waals surface area contributed by atoms with Crippen molar-refractivity contribution in [1.82, 2.24) is 4.90 Å². The van der Waals surface area contributed by atoms with Crippen molar-refractivity contribution in [2.75, 3.05) is 0 Å². The van der Waals surface area contributed by atoms with Gasteiger partial charge in [-0.05, 0) is 19.1 Å². The van der Waals surface area contributed by atoms with E-state index in [-0.39, 0.29) is 34.4 Å².